The molecule has 0 aliphatic carbocycles. The molecule has 0 saturated carbocycles. The fourth-order valence-electron chi connectivity index (χ4n) is 1.71. The second-order valence-electron chi connectivity index (χ2n) is 4.20. The minimum atomic E-state index is 0.422. The van der Waals surface area contributed by atoms with Crippen molar-refractivity contribution in [3.63, 3.8) is 0 Å². The highest BCUT2D eigenvalue weighted by Crippen LogP contribution is 2.14. The van der Waals surface area contributed by atoms with E-state index in [-0.39, 0.29) is 0 Å². The molecule has 0 radical (unpaired) electrons. The van der Waals surface area contributed by atoms with E-state index in [4.69, 9.17) is 0 Å². The van der Waals surface area contributed by atoms with Crippen LogP contribution in [0.1, 0.15) is 24.1 Å². The van der Waals surface area contributed by atoms with E-state index >= 15 is 0 Å². The SMILES string of the molecule is CCc1ccc(C(CN(C)C)NC)cc1. The van der Waals surface area contributed by atoms with E-state index in [1.54, 1.807) is 0 Å². The highest BCUT2D eigenvalue weighted by atomic mass is 15.1. The van der Waals surface area contributed by atoms with Crippen LogP contribution in [-0.4, -0.2) is 32.6 Å². The maximum absolute atomic E-state index is 3.35. The summed E-state index contributed by atoms with van der Waals surface area (Å²) in [6, 6.07) is 9.31. The van der Waals surface area contributed by atoms with Gasteiger partial charge in [0.1, 0.15) is 0 Å². The fourth-order valence-corrected chi connectivity index (χ4v) is 1.71. The normalized spacial score (nSPS) is 13.1. The number of aryl methyl sites for hydroxylation is 1. The second-order valence-corrected chi connectivity index (χ2v) is 4.20. The molecule has 0 saturated heterocycles. The van der Waals surface area contributed by atoms with Crippen LogP contribution in [-0.2, 0) is 6.42 Å². The van der Waals surface area contributed by atoms with Gasteiger partial charge in [-0.05, 0) is 38.7 Å². The van der Waals surface area contributed by atoms with Gasteiger partial charge < -0.3 is 10.2 Å². The Labute approximate surface area is 93.3 Å². The third-order valence-corrected chi connectivity index (χ3v) is 2.69. The summed E-state index contributed by atoms with van der Waals surface area (Å²) < 4.78 is 0. The molecule has 0 aliphatic rings. The van der Waals surface area contributed by atoms with Gasteiger partial charge in [-0.15, -0.1) is 0 Å². The Morgan fingerprint density at radius 3 is 2.20 bits per heavy atom. The van der Waals surface area contributed by atoms with Crippen molar-refractivity contribution in [3.8, 4) is 0 Å². The summed E-state index contributed by atoms with van der Waals surface area (Å²) in [6.45, 7) is 3.21. The maximum Gasteiger partial charge on any atom is 0.0446 e. The third kappa shape index (κ3) is 3.65. The monoisotopic (exact) mass is 206 g/mol. The summed E-state index contributed by atoms with van der Waals surface area (Å²) in [5, 5.41) is 3.35. The first-order valence-corrected chi connectivity index (χ1v) is 5.58. The van der Waals surface area contributed by atoms with Gasteiger partial charge >= 0.3 is 0 Å². The lowest BCUT2D eigenvalue weighted by molar-refractivity contribution is 0.353. The zero-order valence-electron chi connectivity index (χ0n) is 10.2. The van der Waals surface area contributed by atoms with Crippen molar-refractivity contribution in [1.29, 1.82) is 0 Å². The van der Waals surface area contributed by atoms with Gasteiger partial charge in [0.05, 0.1) is 0 Å². The van der Waals surface area contributed by atoms with Crippen molar-refractivity contribution < 1.29 is 0 Å². The molecule has 84 valence electrons. The Hall–Kier alpha value is -0.860. The molecule has 0 bridgehead atoms. The largest absolute Gasteiger partial charge is 0.312 e. The summed E-state index contributed by atoms with van der Waals surface area (Å²) in [7, 11) is 6.22. The molecular formula is C13H22N2. The van der Waals surface area contributed by atoms with Gasteiger partial charge in [0.15, 0.2) is 0 Å². The second kappa shape index (κ2) is 5.89. The van der Waals surface area contributed by atoms with Gasteiger partial charge in [-0.2, -0.15) is 0 Å². The van der Waals surface area contributed by atoms with Crippen LogP contribution in [0.2, 0.25) is 0 Å². The molecule has 0 aromatic heterocycles. The topological polar surface area (TPSA) is 15.3 Å². The molecule has 0 aliphatic heterocycles. The zero-order valence-corrected chi connectivity index (χ0v) is 10.2. The van der Waals surface area contributed by atoms with Crippen molar-refractivity contribution >= 4 is 0 Å². The first-order valence-electron chi connectivity index (χ1n) is 5.58. The van der Waals surface area contributed by atoms with Crippen LogP contribution in [0.4, 0.5) is 0 Å². The van der Waals surface area contributed by atoms with E-state index in [0.717, 1.165) is 13.0 Å². The predicted molar refractivity (Wildman–Crippen MR) is 66.2 cm³/mol. The number of nitrogens with one attached hydrogen (secondary N) is 1. The Morgan fingerprint density at radius 2 is 1.80 bits per heavy atom. The minimum absolute atomic E-state index is 0.422. The van der Waals surface area contributed by atoms with Gasteiger partial charge in [0.2, 0.25) is 0 Å². The highest BCUT2D eigenvalue weighted by molar-refractivity contribution is 5.25. The number of nitrogens with zero attached hydrogens (tertiary/aromatic N) is 1. The lowest BCUT2D eigenvalue weighted by Gasteiger charge is -2.21. The average Bonchev–Trinajstić information content (AvgIpc) is 2.26. The van der Waals surface area contributed by atoms with E-state index in [0.29, 0.717) is 6.04 Å². The van der Waals surface area contributed by atoms with Crippen molar-refractivity contribution in [2.75, 3.05) is 27.7 Å². The lowest BCUT2D eigenvalue weighted by atomic mass is 10.0. The highest BCUT2D eigenvalue weighted by Gasteiger charge is 2.09. The Bertz CT molecular complexity index is 277. The molecule has 0 fully saturated rings. The van der Waals surface area contributed by atoms with E-state index in [1.807, 2.05) is 7.05 Å². The molecule has 1 rings (SSSR count). The van der Waals surface area contributed by atoms with E-state index in [1.165, 1.54) is 11.1 Å². The maximum atomic E-state index is 3.35. The van der Waals surface area contributed by atoms with Gasteiger partial charge in [0, 0.05) is 12.6 Å². The standard InChI is InChI=1S/C13H22N2/c1-5-11-6-8-12(9-7-11)13(14-2)10-15(3)4/h6-9,13-14H,5,10H2,1-4H3. The Morgan fingerprint density at radius 1 is 1.20 bits per heavy atom. The number of hydrogen-bond acceptors (Lipinski definition) is 2. The molecule has 15 heavy (non-hydrogen) atoms. The minimum Gasteiger partial charge on any atom is -0.312 e. The van der Waals surface area contributed by atoms with Crippen molar-refractivity contribution in [2.45, 2.75) is 19.4 Å². The number of likely N-dealkylation sites (N-methyl/N-ethyl adjacent to an activating group) is 2. The van der Waals surface area contributed by atoms with Crippen LogP contribution in [0.15, 0.2) is 24.3 Å². The van der Waals surface area contributed by atoms with Gasteiger partial charge in [-0.25, -0.2) is 0 Å². The summed E-state index contributed by atoms with van der Waals surface area (Å²) >= 11 is 0. The molecule has 1 unspecified atom stereocenters. The first-order chi connectivity index (χ1) is 7.17. The predicted octanol–water partition coefficient (Wildman–Crippen LogP) is 2.07. The van der Waals surface area contributed by atoms with Gasteiger partial charge in [-0.3, -0.25) is 0 Å². The number of rotatable bonds is 5. The molecule has 1 aromatic carbocycles. The van der Waals surface area contributed by atoms with E-state index < -0.39 is 0 Å². The molecular weight excluding hydrogens is 184 g/mol. The zero-order chi connectivity index (χ0) is 11.3. The fraction of sp³-hybridized carbons (Fsp3) is 0.538. The van der Waals surface area contributed by atoms with Crippen LogP contribution in [0.25, 0.3) is 0 Å². The molecule has 0 heterocycles. The third-order valence-electron chi connectivity index (χ3n) is 2.69. The summed E-state index contributed by atoms with van der Waals surface area (Å²) in [6.07, 6.45) is 1.11. The number of benzene rings is 1. The molecule has 1 aromatic rings. The lowest BCUT2D eigenvalue weighted by Crippen LogP contribution is -2.28. The molecule has 0 amide bonds. The number of hydrogen-bond donors (Lipinski definition) is 1. The van der Waals surface area contributed by atoms with E-state index in [9.17, 15) is 0 Å². The van der Waals surface area contributed by atoms with E-state index in [2.05, 4.69) is 55.5 Å². The van der Waals surface area contributed by atoms with Crippen molar-refractivity contribution in [1.82, 2.24) is 10.2 Å². The van der Waals surface area contributed by atoms with Crippen molar-refractivity contribution in [3.05, 3.63) is 35.4 Å². The molecule has 2 heteroatoms. The van der Waals surface area contributed by atoms with Gasteiger partial charge in [0.25, 0.3) is 0 Å². The summed E-state index contributed by atoms with van der Waals surface area (Å²) in [5.74, 6) is 0. The quantitative estimate of drug-likeness (QED) is 0.793. The molecule has 0 spiro atoms. The summed E-state index contributed by atoms with van der Waals surface area (Å²) in [5.41, 5.74) is 2.77. The Kier molecular flexibility index (Phi) is 4.79. The Balaban J connectivity index is 2.74. The smallest absolute Gasteiger partial charge is 0.0446 e. The molecule has 2 nitrogen and oxygen atoms in total. The molecule has 1 N–H and O–H groups in total. The van der Waals surface area contributed by atoms with Crippen molar-refractivity contribution in [2.24, 2.45) is 0 Å². The van der Waals surface area contributed by atoms with Crippen LogP contribution in [0.3, 0.4) is 0 Å². The van der Waals surface area contributed by atoms with Crippen LogP contribution >= 0.6 is 0 Å². The van der Waals surface area contributed by atoms with Crippen LogP contribution in [0, 0.1) is 0 Å². The van der Waals surface area contributed by atoms with Crippen LogP contribution in [0.5, 0.6) is 0 Å². The molecule has 1 atom stereocenters. The summed E-state index contributed by atoms with van der Waals surface area (Å²) in [4.78, 5) is 2.20. The average molecular weight is 206 g/mol. The first kappa shape index (κ1) is 12.2. The van der Waals surface area contributed by atoms with Gasteiger partial charge in [-0.1, -0.05) is 31.2 Å². The van der Waals surface area contributed by atoms with Crippen LogP contribution < -0.4 is 5.32 Å².